The maximum atomic E-state index is 12.8. The number of methoxy groups -OCH3 is 1. The standard InChI is InChI=1S/C20H22O4/c1-24-19(23)14-11-13(12-7-3-2-4-8-12)16-17(18(14)22)20(16)10-6-5-9-15(20)21/h2-4,7-8,13,16-17,22H,5-6,9-11H2,1H3/t13-,16-,17-,20?/m1/s1. The van der Waals surface area contributed by atoms with Gasteiger partial charge in [-0.2, -0.15) is 0 Å². The van der Waals surface area contributed by atoms with Crippen molar-refractivity contribution in [2.75, 3.05) is 7.11 Å². The molecule has 4 atom stereocenters. The molecular formula is C20H22O4. The average Bonchev–Trinajstić information content (AvgIpc) is 3.28. The molecule has 126 valence electrons. The predicted octanol–water partition coefficient (Wildman–Crippen LogP) is 3.53. The molecule has 4 heteroatoms. The Morgan fingerprint density at radius 2 is 2.00 bits per heavy atom. The molecule has 0 bridgehead atoms. The molecule has 3 aliphatic carbocycles. The number of hydrogen-bond donors (Lipinski definition) is 1. The fourth-order valence-electron chi connectivity index (χ4n) is 5.21. The van der Waals surface area contributed by atoms with Crippen LogP contribution < -0.4 is 0 Å². The molecule has 1 unspecified atom stereocenters. The number of hydrogen-bond acceptors (Lipinski definition) is 4. The minimum atomic E-state index is -0.475. The third-order valence-corrected chi connectivity index (χ3v) is 6.28. The number of esters is 1. The summed E-state index contributed by atoms with van der Waals surface area (Å²) in [5, 5.41) is 10.7. The van der Waals surface area contributed by atoms with Gasteiger partial charge in [-0.05, 0) is 36.7 Å². The van der Waals surface area contributed by atoms with E-state index in [0.717, 1.165) is 24.8 Å². The van der Waals surface area contributed by atoms with Gasteiger partial charge in [-0.3, -0.25) is 4.79 Å². The smallest absolute Gasteiger partial charge is 0.337 e. The maximum absolute atomic E-state index is 12.8. The Morgan fingerprint density at radius 1 is 1.25 bits per heavy atom. The largest absolute Gasteiger partial charge is 0.511 e. The lowest BCUT2D eigenvalue weighted by Crippen LogP contribution is -2.25. The van der Waals surface area contributed by atoms with Crippen molar-refractivity contribution in [2.24, 2.45) is 17.3 Å². The molecule has 1 spiro atoms. The lowest BCUT2D eigenvalue weighted by Gasteiger charge is -2.25. The van der Waals surface area contributed by atoms with Gasteiger partial charge in [-0.1, -0.05) is 36.8 Å². The fraction of sp³-hybridized carbons (Fsp3) is 0.500. The number of aliphatic hydroxyl groups excluding tert-OH is 1. The Morgan fingerprint density at radius 3 is 2.67 bits per heavy atom. The number of ketones is 1. The minimum Gasteiger partial charge on any atom is -0.511 e. The van der Waals surface area contributed by atoms with Crippen LogP contribution in [0.5, 0.6) is 0 Å². The van der Waals surface area contributed by atoms with E-state index in [9.17, 15) is 14.7 Å². The SMILES string of the molecule is COC(=O)C1=C(O)[C@H]2[C@@H]([C@@H](c3ccccc3)C1)C21CCCCC1=O. The van der Waals surface area contributed by atoms with E-state index in [2.05, 4.69) is 12.1 Å². The van der Waals surface area contributed by atoms with Gasteiger partial charge in [0, 0.05) is 17.8 Å². The first-order chi connectivity index (χ1) is 11.6. The molecule has 2 fully saturated rings. The average molecular weight is 326 g/mol. The first-order valence-corrected chi connectivity index (χ1v) is 8.70. The zero-order valence-corrected chi connectivity index (χ0v) is 13.8. The first-order valence-electron chi connectivity index (χ1n) is 8.70. The van der Waals surface area contributed by atoms with Gasteiger partial charge in [0.2, 0.25) is 0 Å². The van der Waals surface area contributed by atoms with Crippen LogP contribution in [0.1, 0.15) is 43.6 Å². The monoisotopic (exact) mass is 326 g/mol. The van der Waals surface area contributed by atoms with E-state index >= 15 is 0 Å². The molecule has 0 radical (unpaired) electrons. The van der Waals surface area contributed by atoms with Crippen LogP contribution in [0, 0.1) is 17.3 Å². The summed E-state index contributed by atoms with van der Waals surface area (Å²) < 4.78 is 4.87. The van der Waals surface area contributed by atoms with Gasteiger partial charge in [0.15, 0.2) is 0 Å². The van der Waals surface area contributed by atoms with Crippen molar-refractivity contribution < 1.29 is 19.4 Å². The molecule has 4 nitrogen and oxygen atoms in total. The van der Waals surface area contributed by atoms with Crippen LogP contribution >= 0.6 is 0 Å². The van der Waals surface area contributed by atoms with Crippen molar-refractivity contribution in [3.63, 3.8) is 0 Å². The van der Waals surface area contributed by atoms with Crippen LogP contribution in [0.3, 0.4) is 0 Å². The van der Waals surface area contributed by atoms with Gasteiger partial charge >= 0.3 is 5.97 Å². The van der Waals surface area contributed by atoms with Crippen molar-refractivity contribution in [2.45, 2.75) is 38.0 Å². The predicted molar refractivity (Wildman–Crippen MR) is 88.4 cm³/mol. The van der Waals surface area contributed by atoms with Crippen molar-refractivity contribution >= 4 is 11.8 Å². The van der Waals surface area contributed by atoms with Crippen LogP contribution in [0.15, 0.2) is 41.7 Å². The number of Topliss-reactive ketones (excluding diaryl/α,β-unsaturated/α-hetero) is 1. The third-order valence-electron chi connectivity index (χ3n) is 6.28. The van der Waals surface area contributed by atoms with Crippen LogP contribution in [0.2, 0.25) is 0 Å². The van der Waals surface area contributed by atoms with E-state index in [0.29, 0.717) is 18.4 Å². The zero-order valence-electron chi connectivity index (χ0n) is 13.8. The summed E-state index contributed by atoms with van der Waals surface area (Å²) in [5.41, 5.74) is 1.03. The summed E-state index contributed by atoms with van der Waals surface area (Å²) in [7, 11) is 1.33. The van der Waals surface area contributed by atoms with E-state index in [1.165, 1.54) is 7.11 Å². The highest BCUT2D eigenvalue weighted by atomic mass is 16.5. The number of carbonyl (C=O) groups is 2. The molecule has 0 heterocycles. The van der Waals surface area contributed by atoms with Crippen LogP contribution in [0.25, 0.3) is 0 Å². The number of rotatable bonds is 2. The first kappa shape index (κ1) is 15.4. The minimum absolute atomic E-state index is 0.0863. The second-order valence-electron chi connectivity index (χ2n) is 7.25. The van der Waals surface area contributed by atoms with Crippen molar-refractivity contribution in [1.82, 2.24) is 0 Å². The number of fused-ring (bicyclic) bond motifs is 3. The van der Waals surface area contributed by atoms with Crippen molar-refractivity contribution in [1.29, 1.82) is 0 Å². The number of allylic oxidation sites excluding steroid dienone is 1. The van der Waals surface area contributed by atoms with E-state index in [-0.39, 0.29) is 29.3 Å². The molecule has 0 amide bonds. The lowest BCUT2D eigenvalue weighted by molar-refractivity contribution is -0.136. The van der Waals surface area contributed by atoms with E-state index < -0.39 is 11.4 Å². The lowest BCUT2D eigenvalue weighted by atomic mass is 9.78. The van der Waals surface area contributed by atoms with Gasteiger partial charge in [0.1, 0.15) is 11.5 Å². The summed E-state index contributed by atoms with van der Waals surface area (Å²) in [6.45, 7) is 0. The summed E-state index contributed by atoms with van der Waals surface area (Å²) in [5.74, 6) is -0.114. The fourth-order valence-corrected chi connectivity index (χ4v) is 5.21. The summed E-state index contributed by atoms with van der Waals surface area (Å²) >= 11 is 0. The molecule has 0 aromatic heterocycles. The van der Waals surface area contributed by atoms with Gasteiger partial charge in [-0.25, -0.2) is 4.79 Å². The molecule has 24 heavy (non-hydrogen) atoms. The second-order valence-corrected chi connectivity index (χ2v) is 7.25. The van der Waals surface area contributed by atoms with Crippen LogP contribution in [0.4, 0.5) is 0 Å². The number of benzene rings is 1. The molecule has 1 N–H and O–H groups in total. The van der Waals surface area contributed by atoms with Gasteiger partial charge < -0.3 is 9.84 Å². The molecular weight excluding hydrogens is 304 g/mol. The maximum Gasteiger partial charge on any atom is 0.337 e. The van der Waals surface area contributed by atoms with Crippen molar-refractivity contribution in [3.05, 3.63) is 47.2 Å². The summed E-state index contributed by atoms with van der Waals surface area (Å²) in [4.78, 5) is 24.9. The number of ether oxygens (including phenoxy) is 1. The van der Waals surface area contributed by atoms with Crippen molar-refractivity contribution in [3.8, 4) is 0 Å². The van der Waals surface area contributed by atoms with Crippen LogP contribution in [-0.4, -0.2) is 24.0 Å². The zero-order chi connectivity index (χ0) is 16.9. The molecule has 3 aliphatic rings. The summed E-state index contributed by atoms with van der Waals surface area (Å²) in [6, 6.07) is 10.0. The molecule has 0 aliphatic heterocycles. The molecule has 1 aromatic carbocycles. The van der Waals surface area contributed by atoms with Crippen LogP contribution in [-0.2, 0) is 14.3 Å². The molecule has 2 saturated carbocycles. The Kier molecular flexibility index (Phi) is 3.52. The highest BCUT2D eigenvalue weighted by Crippen LogP contribution is 2.74. The number of aliphatic hydroxyl groups is 1. The Bertz CT molecular complexity index is 720. The highest BCUT2D eigenvalue weighted by Gasteiger charge is 2.74. The third kappa shape index (κ3) is 1.98. The molecule has 0 saturated heterocycles. The normalized spacial score (nSPS) is 34.9. The second kappa shape index (κ2) is 5.47. The summed E-state index contributed by atoms with van der Waals surface area (Å²) in [6.07, 6.45) is 3.81. The Hall–Kier alpha value is -2.10. The Labute approximate surface area is 141 Å². The Balaban J connectivity index is 1.80. The van der Waals surface area contributed by atoms with Gasteiger partial charge in [-0.15, -0.1) is 0 Å². The van der Waals surface area contributed by atoms with Gasteiger partial charge in [0.25, 0.3) is 0 Å². The molecule has 1 aromatic rings. The molecule has 4 rings (SSSR count). The quantitative estimate of drug-likeness (QED) is 0.845. The topological polar surface area (TPSA) is 63.6 Å². The highest BCUT2D eigenvalue weighted by molar-refractivity contribution is 5.94. The van der Waals surface area contributed by atoms with E-state index in [1.54, 1.807) is 0 Å². The van der Waals surface area contributed by atoms with Gasteiger partial charge in [0.05, 0.1) is 12.7 Å². The van der Waals surface area contributed by atoms with E-state index in [4.69, 9.17) is 4.74 Å². The van der Waals surface area contributed by atoms with E-state index in [1.807, 2.05) is 18.2 Å². The number of carbonyl (C=O) groups excluding carboxylic acids is 2.